The van der Waals surface area contributed by atoms with Gasteiger partial charge in [0.2, 0.25) is 0 Å². The van der Waals surface area contributed by atoms with Crippen LogP contribution in [0.25, 0.3) is 16.7 Å². The van der Waals surface area contributed by atoms with E-state index >= 15 is 0 Å². The molecular weight excluding hydrogens is 410 g/mol. The Morgan fingerprint density at radius 3 is 2.44 bits per heavy atom. The highest BCUT2D eigenvalue weighted by Crippen LogP contribution is 2.37. The highest BCUT2D eigenvalue weighted by molar-refractivity contribution is 6.38. The van der Waals surface area contributed by atoms with Gasteiger partial charge >= 0.3 is 0 Å². The van der Waals surface area contributed by atoms with Gasteiger partial charge < -0.3 is 0 Å². The number of aromatic nitrogens is 3. The Morgan fingerprint density at radius 1 is 0.969 bits per heavy atom. The number of amides is 2. The number of carbonyl (C=O) groups excluding carboxylic acids is 2. The molecule has 158 valence electrons. The summed E-state index contributed by atoms with van der Waals surface area (Å²) in [4.78, 5) is 42.7. The van der Waals surface area contributed by atoms with E-state index in [2.05, 4.69) is 10.1 Å². The summed E-state index contributed by atoms with van der Waals surface area (Å²) in [7, 11) is 0. The van der Waals surface area contributed by atoms with Gasteiger partial charge in [-0.05, 0) is 50.1 Å². The summed E-state index contributed by atoms with van der Waals surface area (Å²) >= 11 is 0. The van der Waals surface area contributed by atoms with E-state index in [4.69, 9.17) is 0 Å². The number of aryl methyl sites for hydroxylation is 3. The largest absolute Gasteiger partial charge is 0.293 e. The van der Waals surface area contributed by atoms with Crippen molar-refractivity contribution < 1.29 is 14.5 Å². The van der Waals surface area contributed by atoms with Gasteiger partial charge in [0.05, 0.1) is 32.8 Å². The molecule has 9 heteroatoms. The lowest BCUT2D eigenvalue weighted by Crippen LogP contribution is -2.30. The Bertz CT molecular complexity index is 1490. The molecule has 1 aliphatic rings. The first kappa shape index (κ1) is 19.6. The summed E-state index contributed by atoms with van der Waals surface area (Å²) in [6, 6.07) is 11.5. The quantitative estimate of drug-likeness (QED) is 0.277. The summed E-state index contributed by atoms with van der Waals surface area (Å²) in [5.41, 5.74) is 3.84. The summed E-state index contributed by atoms with van der Waals surface area (Å²) in [5.74, 6) is -1.28. The van der Waals surface area contributed by atoms with E-state index in [9.17, 15) is 19.7 Å². The van der Waals surface area contributed by atoms with Crippen LogP contribution in [0.15, 0.2) is 48.7 Å². The summed E-state index contributed by atoms with van der Waals surface area (Å²) < 4.78 is 1.64. The predicted octanol–water partition coefficient (Wildman–Crippen LogP) is 4.05. The van der Waals surface area contributed by atoms with Crippen LogP contribution in [0.4, 0.5) is 11.4 Å². The lowest BCUT2D eigenvalue weighted by atomic mass is 10.1. The van der Waals surface area contributed by atoms with Crippen molar-refractivity contribution >= 4 is 34.2 Å². The smallest absolute Gasteiger partial charge is 0.268 e. The minimum absolute atomic E-state index is 0.0731. The number of benzene rings is 2. The molecule has 0 aliphatic carbocycles. The van der Waals surface area contributed by atoms with E-state index in [0.717, 1.165) is 21.7 Å². The average molecular weight is 427 g/mol. The van der Waals surface area contributed by atoms with Crippen molar-refractivity contribution in [3.63, 3.8) is 0 Å². The summed E-state index contributed by atoms with van der Waals surface area (Å²) in [6.07, 6.45) is 1.34. The van der Waals surface area contributed by atoms with Gasteiger partial charge in [-0.25, -0.2) is 14.6 Å². The van der Waals surface area contributed by atoms with Gasteiger partial charge in [0.25, 0.3) is 17.5 Å². The zero-order valence-corrected chi connectivity index (χ0v) is 17.5. The highest BCUT2D eigenvalue weighted by atomic mass is 16.6. The Labute approximate surface area is 182 Å². The van der Waals surface area contributed by atoms with Gasteiger partial charge in [0.1, 0.15) is 5.69 Å². The number of para-hydroxylation sites is 2. The number of hydrogen-bond donors (Lipinski definition) is 0. The standard InChI is InChI=1S/C23H17N5O4/c1-12-8-9-15(10-13(12)2)27-21-19(14(3)25-27)20-16(11-24-21)22(29)26(23(20)30)17-6-4-5-7-18(17)28(31)32/h4-11H,1-3H3. The third-order valence-electron chi connectivity index (χ3n) is 5.78. The number of carbonyl (C=O) groups is 2. The Hall–Kier alpha value is -4.40. The normalized spacial score (nSPS) is 13.2. The molecule has 0 unspecified atom stereocenters. The molecule has 4 aromatic rings. The maximum Gasteiger partial charge on any atom is 0.293 e. The van der Waals surface area contributed by atoms with Crippen LogP contribution in [-0.2, 0) is 0 Å². The molecule has 5 rings (SSSR count). The van der Waals surface area contributed by atoms with Crippen LogP contribution in [0.2, 0.25) is 0 Å². The van der Waals surface area contributed by atoms with Crippen molar-refractivity contribution in [2.45, 2.75) is 20.8 Å². The number of nitro groups is 1. The molecule has 0 spiro atoms. The van der Waals surface area contributed by atoms with Crippen molar-refractivity contribution in [1.82, 2.24) is 14.8 Å². The van der Waals surface area contributed by atoms with Crippen LogP contribution in [0.1, 0.15) is 37.5 Å². The van der Waals surface area contributed by atoms with E-state index in [0.29, 0.717) is 16.7 Å². The zero-order valence-electron chi connectivity index (χ0n) is 17.5. The molecule has 0 saturated carbocycles. The summed E-state index contributed by atoms with van der Waals surface area (Å²) in [5, 5.41) is 16.5. The average Bonchev–Trinajstić information content (AvgIpc) is 3.24. The molecule has 0 radical (unpaired) electrons. The van der Waals surface area contributed by atoms with Gasteiger partial charge in [-0.2, -0.15) is 5.10 Å². The number of hydrogen-bond acceptors (Lipinski definition) is 6. The number of nitro benzene ring substituents is 1. The highest BCUT2D eigenvalue weighted by Gasteiger charge is 2.42. The Morgan fingerprint density at radius 2 is 1.72 bits per heavy atom. The SMILES string of the molecule is Cc1ccc(-n2nc(C)c3c4c(cnc32)C(=O)N(c2ccccc2[N+](=O)[O-])C4=O)cc1C. The third-order valence-corrected chi connectivity index (χ3v) is 5.78. The monoisotopic (exact) mass is 427 g/mol. The first-order valence-corrected chi connectivity index (χ1v) is 9.87. The van der Waals surface area contributed by atoms with Crippen molar-refractivity contribution in [1.29, 1.82) is 0 Å². The second kappa shape index (κ2) is 6.81. The Balaban J connectivity index is 1.72. The van der Waals surface area contributed by atoms with Crippen LogP contribution in [0.3, 0.4) is 0 Å². The molecule has 1 aliphatic heterocycles. The number of imide groups is 1. The van der Waals surface area contributed by atoms with Gasteiger partial charge in [0, 0.05) is 12.3 Å². The van der Waals surface area contributed by atoms with Gasteiger partial charge in [-0.15, -0.1) is 0 Å². The molecule has 9 nitrogen and oxygen atoms in total. The molecule has 2 amide bonds. The van der Waals surface area contributed by atoms with E-state index in [1.54, 1.807) is 17.7 Å². The molecule has 2 aromatic heterocycles. The van der Waals surface area contributed by atoms with Crippen LogP contribution in [0, 0.1) is 30.9 Å². The lowest BCUT2D eigenvalue weighted by molar-refractivity contribution is -0.384. The first-order valence-electron chi connectivity index (χ1n) is 9.87. The fourth-order valence-corrected chi connectivity index (χ4v) is 4.02. The number of rotatable bonds is 3. The molecule has 32 heavy (non-hydrogen) atoms. The summed E-state index contributed by atoms with van der Waals surface area (Å²) in [6.45, 7) is 5.75. The maximum atomic E-state index is 13.4. The third kappa shape index (κ3) is 2.64. The maximum absolute atomic E-state index is 13.4. The second-order valence-corrected chi connectivity index (χ2v) is 7.70. The fraction of sp³-hybridized carbons (Fsp3) is 0.130. The van der Waals surface area contributed by atoms with Crippen LogP contribution < -0.4 is 4.90 Å². The number of anilines is 1. The fourth-order valence-electron chi connectivity index (χ4n) is 4.02. The van der Waals surface area contributed by atoms with Gasteiger partial charge in [0.15, 0.2) is 5.65 Å². The molecule has 3 heterocycles. The van der Waals surface area contributed by atoms with Crippen LogP contribution >= 0.6 is 0 Å². The molecular formula is C23H17N5O4. The van der Waals surface area contributed by atoms with Crippen LogP contribution in [-0.4, -0.2) is 31.5 Å². The minimum Gasteiger partial charge on any atom is -0.268 e. The van der Waals surface area contributed by atoms with Crippen LogP contribution in [0.5, 0.6) is 0 Å². The van der Waals surface area contributed by atoms with E-state index in [-0.39, 0.29) is 22.5 Å². The molecule has 2 aromatic carbocycles. The zero-order chi connectivity index (χ0) is 22.7. The van der Waals surface area contributed by atoms with Crippen molar-refractivity contribution in [2.75, 3.05) is 4.90 Å². The van der Waals surface area contributed by atoms with Gasteiger partial charge in [-0.3, -0.25) is 19.7 Å². The van der Waals surface area contributed by atoms with E-state index < -0.39 is 16.7 Å². The molecule has 0 saturated heterocycles. The van der Waals surface area contributed by atoms with Gasteiger partial charge in [-0.1, -0.05) is 18.2 Å². The predicted molar refractivity (Wildman–Crippen MR) is 117 cm³/mol. The first-order chi connectivity index (χ1) is 15.3. The topological polar surface area (TPSA) is 111 Å². The van der Waals surface area contributed by atoms with E-state index in [1.807, 2.05) is 32.0 Å². The van der Waals surface area contributed by atoms with Crippen molar-refractivity contribution in [3.05, 3.63) is 86.7 Å². The molecule has 0 bridgehead atoms. The lowest BCUT2D eigenvalue weighted by Gasteiger charge is -2.13. The van der Waals surface area contributed by atoms with Crippen molar-refractivity contribution in [2.24, 2.45) is 0 Å². The number of fused-ring (bicyclic) bond motifs is 3. The van der Waals surface area contributed by atoms with Crippen molar-refractivity contribution in [3.8, 4) is 5.69 Å². The Kier molecular flexibility index (Phi) is 4.16. The molecule has 0 N–H and O–H groups in total. The van der Waals surface area contributed by atoms with E-state index in [1.165, 1.54) is 24.4 Å². The minimum atomic E-state index is -0.646. The molecule has 0 fully saturated rings. The number of pyridine rings is 1. The molecule has 0 atom stereocenters. The number of nitrogens with zero attached hydrogens (tertiary/aromatic N) is 5. The second-order valence-electron chi connectivity index (χ2n) is 7.70.